The number of amides is 1. The van der Waals surface area contributed by atoms with Crippen molar-refractivity contribution in [3.05, 3.63) is 78.0 Å². The van der Waals surface area contributed by atoms with E-state index in [-0.39, 0.29) is 11.7 Å². The molecule has 1 amide bonds. The average Bonchev–Trinajstić information content (AvgIpc) is 2.77. The molecule has 6 heteroatoms. The molecule has 0 aliphatic carbocycles. The lowest BCUT2D eigenvalue weighted by molar-refractivity contribution is -0.140. The van der Waals surface area contributed by atoms with Crippen LogP contribution in [0.4, 0.5) is 5.69 Å². The Morgan fingerprint density at radius 1 is 1.00 bits per heavy atom. The number of carbonyl (C=O) groups excluding carboxylic acids is 3. The molecule has 0 radical (unpaired) electrons. The molecular weight excluding hydrogens is 404 g/mol. The van der Waals surface area contributed by atoms with Crippen LogP contribution in [0.5, 0.6) is 0 Å². The van der Waals surface area contributed by atoms with Crippen LogP contribution in [-0.4, -0.2) is 28.7 Å². The summed E-state index contributed by atoms with van der Waals surface area (Å²) in [5.41, 5.74) is 2.03. The number of aromatic nitrogens is 1. The van der Waals surface area contributed by atoms with E-state index in [0.717, 1.165) is 16.5 Å². The summed E-state index contributed by atoms with van der Waals surface area (Å²) in [6.45, 7) is 6.99. The number of ketones is 1. The minimum absolute atomic E-state index is 0.118. The van der Waals surface area contributed by atoms with E-state index in [1.165, 1.54) is 13.0 Å². The summed E-state index contributed by atoms with van der Waals surface area (Å²) in [6.07, 6.45) is 3.66. The number of hydrogen-bond acceptors (Lipinski definition) is 5. The highest BCUT2D eigenvalue weighted by Crippen LogP contribution is 2.19. The molecule has 3 rings (SSSR count). The number of rotatable bonds is 6. The Kier molecular flexibility index (Phi) is 6.83. The zero-order valence-corrected chi connectivity index (χ0v) is 18.6. The summed E-state index contributed by atoms with van der Waals surface area (Å²) in [7, 11) is 0. The molecule has 1 N–H and O–H groups in total. The molecular formula is C26H26N2O4. The fourth-order valence-electron chi connectivity index (χ4n) is 2.96. The Hall–Kier alpha value is -3.80. The zero-order valence-electron chi connectivity index (χ0n) is 18.6. The van der Waals surface area contributed by atoms with E-state index in [1.54, 1.807) is 36.5 Å². The molecule has 1 unspecified atom stereocenters. The van der Waals surface area contributed by atoms with Gasteiger partial charge >= 0.3 is 5.97 Å². The summed E-state index contributed by atoms with van der Waals surface area (Å²) < 4.78 is 5.27. The van der Waals surface area contributed by atoms with E-state index < -0.39 is 17.5 Å². The van der Waals surface area contributed by atoms with Gasteiger partial charge in [0.05, 0.1) is 5.52 Å². The Morgan fingerprint density at radius 2 is 1.69 bits per heavy atom. The van der Waals surface area contributed by atoms with Crippen molar-refractivity contribution in [2.75, 3.05) is 5.32 Å². The van der Waals surface area contributed by atoms with Gasteiger partial charge in [-0.25, -0.2) is 4.79 Å². The van der Waals surface area contributed by atoms with Gasteiger partial charge in [-0.3, -0.25) is 14.6 Å². The normalized spacial score (nSPS) is 12.5. The number of nitrogens with zero attached hydrogens (tertiary/aromatic N) is 1. The summed E-state index contributed by atoms with van der Waals surface area (Å²) in [5.74, 6) is -1.06. The van der Waals surface area contributed by atoms with Crippen LogP contribution in [0, 0.1) is 5.41 Å². The molecule has 0 saturated heterocycles. The maximum Gasteiger partial charge on any atom is 0.331 e. The van der Waals surface area contributed by atoms with Crippen molar-refractivity contribution in [2.24, 2.45) is 5.41 Å². The quantitative estimate of drug-likeness (QED) is 0.336. The molecule has 0 aliphatic heterocycles. The highest BCUT2D eigenvalue weighted by molar-refractivity contribution is 6.02. The Labute approximate surface area is 187 Å². The Bertz CT molecular complexity index is 1170. The monoisotopic (exact) mass is 430 g/mol. The number of benzene rings is 2. The topological polar surface area (TPSA) is 85.4 Å². The van der Waals surface area contributed by atoms with E-state index in [0.29, 0.717) is 11.3 Å². The van der Waals surface area contributed by atoms with Gasteiger partial charge in [-0.15, -0.1) is 0 Å². The summed E-state index contributed by atoms with van der Waals surface area (Å²) >= 11 is 0. The van der Waals surface area contributed by atoms with Gasteiger partial charge in [-0.1, -0.05) is 45.0 Å². The number of para-hydroxylation sites is 1. The van der Waals surface area contributed by atoms with E-state index >= 15 is 0 Å². The third-order valence-corrected chi connectivity index (χ3v) is 4.83. The van der Waals surface area contributed by atoms with Crippen molar-refractivity contribution in [3.8, 4) is 0 Å². The van der Waals surface area contributed by atoms with Crippen LogP contribution < -0.4 is 5.32 Å². The summed E-state index contributed by atoms with van der Waals surface area (Å²) in [4.78, 5) is 41.3. The van der Waals surface area contributed by atoms with Crippen LogP contribution in [0.1, 0.15) is 43.6 Å². The molecule has 1 atom stereocenters. The molecule has 0 bridgehead atoms. The molecule has 32 heavy (non-hydrogen) atoms. The maximum absolute atomic E-state index is 12.6. The highest BCUT2D eigenvalue weighted by Gasteiger charge is 2.22. The number of nitrogens with one attached hydrogen (secondary N) is 1. The molecule has 1 heterocycles. The SMILES string of the molecule is CC(OC(=O)/C=C/c1cccc2cccnc12)C(=O)c1ccc(NC(=O)C(C)(C)C)cc1. The molecule has 0 spiro atoms. The number of ether oxygens (including phenoxy) is 1. The molecule has 0 aliphatic rings. The molecule has 0 fully saturated rings. The predicted octanol–water partition coefficient (Wildman–Crippen LogP) is 5.05. The Balaban J connectivity index is 1.62. The van der Waals surface area contributed by atoms with Crippen LogP contribution in [0.2, 0.25) is 0 Å². The number of fused-ring (bicyclic) bond motifs is 1. The molecule has 164 valence electrons. The van der Waals surface area contributed by atoms with Gasteiger partial charge in [0.2, 0.25) is 11.7 Å². The van der Waals surface area contributed by atoms with Crippen molar-refractivity contribution in [1.82, 2.24) is 4.98 Å². The third-order valence-electron chi connectivity index (χ3n) is 4.83. The molecule has 3 aromatic rings. The predicted molar refractivity (Wildman–Crippen MR) is 125 cm³/mol. The van der Waals surface area contributed by atoms with E-state index in [4.69, 9.17) is 4.74 Å². The standard InChI is InChI=1S/C26H26N2O4/c1-17(24(30)20-10-13-21(14-11-20)28-25(31)26(2,3)4)32-22(29)15-12-19-8-5-7-18-9-6-16-27-23(18)19/h5-17H,1-4H3,(H,28,31)/b15-12+. The average molecular weight is 431 g/mol. The summed E-state index contributed by atoms with van der Waals surface area (Å²) in [5, 5.41) is 3.77. The lowest BCUT2D eigenvalue weighted by atomic mass is 9.95. The van der Waals surface area contributed by atoms with Crippen molar-refractivity contribution >= 4 is 40.3 Å². The van der Waals surface area contributed by atoms with Gasteiger partial charge in [0.25, 0.3) is 0 Å². The largest absolute Gasteiger partial charge is 0.451 e. The number of hydrogen-bond donors (Lipinski definition) is 1. The Morgan fingerprint density at radius 3 is 2.38 bits per heavy atom. The van der Waals surface area contributed by atoms with Crippen LogP contribution in [0.15, 0.2) is 66.9 Å². The molecule has 6 nitrogen and oxygen atoms in total. The van der Waals surface area contributed by atoms with Crippen molar-refractivity contribution in [1.29, 1.82) is 0 Å². The first-order valence-electron chi connectivity index (χ1n) is 10.3. The molecule has 2 aromatic carbocycles. The number of anilines is 1. The highest BCUT2D eigenvalue weighted by atomic mass is 16.5. The van der Waals surface area contributed by atoms with Gasteiger partial charge in [-0.2, -0.15) is 0 Å². The summed E-state index contributed by atoms with van der Waals surface area (Å²) in [6, 6.07) is 16.0. The van der Waals surface area contributed by atoms with Crippen LogP contribution >= 0.6 is 0 Å². The second kappa shape index (κ2) is 9.56. The first kappa shape index (κ1) is 22.9. The van der Waals surface area contributed by atoms with Gasteiger partial charge in [0.15, 0.2) is 6.10 Å². The smallest absolute Gasteiger partial charge is 0.331 e. The van der Waals surface area contributed by atoms with Gasteiger partial charge in [0.1, 0.15) is 0 Å². The fourth-order valence-corrected chi connectivity index (χ4v) is 2.96. The van der Waals surface area contributed by atoms with Crippen LogP contribution in [0.25, 0.3) is 17.0 Å². The van der Waals surface area contributed by atoms with Crippen LogP contribution in [-0.2, 0) is 14.3 Å². The second-order valence-corrected chi connectivity index (χ2v) is 8.48. The first-order valence-corrected chi connectivity index (χ1v) is 10.3. The lowest BCUT2D eigenvalue weighted by Gasteiger charge is -2.18. The van der Waals surface area contributed by atoms with Gasteiger partial charge < -0.3 is 10.1 Å². The fraction of sp³-hybridized carbons (Fsp3) is 0.231. The zero-order chi connectivity index (χ0) is 23.3. The van der Waals surface area contributed by atoms with Crippen molar-refractivity contribution in [3.63, 3.8) is 0 Å². The van der Waals surface area contributed by atoms with Crippen molar-refractivity contribution < 1.29 is 19.1 Å². The number of Topliss-reactive ketones (excluding diaryl/α,β-unsaturated/α-hetero) is 1. The van der Waals surface area contributed by atoms with E-state index in [1.807, 2.05) is 51.1 Å². The molecule has 1 aromatic heterocycles. The van der Waals surface area contributed by atoms with Gasteiger partial charge in [0, 0.05) is 39.9 Å². The van der Waals surface area contributed by atoms with Gasteiger partial charge in [-0.05, 0) is 43.3 Å². The van der Waals surface area contributed by atoms with Crippen LogP contribution in [0.3, 0.4) is 0 Å². The minimum atomic E-state index is -0.951. The number of carbonyl (C=O) groups is 3. The number of esters is 1. The molecule has 0 saturated carbocycles. The number of pyridine rings is 1. The maximum atomic E-state index is 12.6. The minimum Gasteiger partial charge on any atom is -0.451 e. The lowest BCUT2D eigenvalue weighted by Crippen LogP contribution is -2.27. The second-order valence-electron chi connectivity index (χ2n) is 8.48. The first-order chi connectivity index (χ1) is 15.1. The van der Waals surface area contributed by atoms with Crippen molar-refractivity contribution in [2.45, 2.75) is 33.8 Å². The third kappa shape index (κ3) is 5.66. The van der Waals surface area contributed by atoms with E-state index in [9.17, 15) is 14.4 Å². The van der Waals surface area contributed by atoms with E-state index in [2.05, 4.69) is 10.3 Å².